The van der Waals surface area contributed by atoms with Crippen molar-refractivity contribution in [2.75, 3.05) is 19.8 Å². The van der Waals surface area contributed by atoms with E-state index in [1.165, 1.54) is 12.1 Å². The SMILES string of the molecule is CCCOCCCNS(=O)(=O)c1cccc(F)c1C#N. The molecule has 1 aromatic rings. The van der Waals surface area contributed by atoms with E-state index in [9.17, 15) is 12.8 Å². The molecule has 0 aliphatic rings. The van der Waals surface area contributed by atoms with Crippen LogP contribution in [0.1, 0.15) is 25.3 Å². The van der Waals surface area contributed by atoms with Crippen molar-refractivity contribution in [3.05, 3.63) is 29.6 Å². The van der Waals surface area contributed by atoms with Gasteiger partial charge in [-0.05, 0) is 25.0 Å². The number of rotatable bonds is 8. The molecule has 0 saturated heterocycles. The van der Waals surface area contributed by atoms with E-state index in [0.717, 1.165) is 12.5 Å². The second-order valence-electron chi connectivity index (χ2n) is 4.09. The Kier molecular flexibility index (Phi) is 6.58. The first-order chi connectivity index (χ1) is 9.53. The number of hydrogen-bond donors (Lipinski definition) is 1. The highest BCUT2D eigenvalue weighted by Crippen LogP contribution is 2.17. The first kappa shape index (κ1) is 16.6. The van der Waals surface area contributed by atoms with Crippen LogP contribution in [0.3, 0.4) is 0 Å². The van der Waals surface area contributed by atoms with Crippen LogP contribution in [0, 0.1) is 17.1 Å². The maximum Gasteiger partial charge on any atom is 0.241 e. The van der Waals surface area contributed by atoms with Crippen molar-refractivity contribution in [2.45, 2.75) is 24.7 Å². The highest BCUT2D eigenvalue weighted by molar-refractivity contribution is 7.89. The van der Waals surface area contributed by atoms with Crippen molar-refractivity contribution >= 4 is 10.0 Å². The van der Waals surface area contributed by atoms with Crippen LogP contribution in [-0.4, -0.2) is 28.2 Å². The number of ether oxygens (including phenoxy) is 1. The van der Waals surface area contributed by atoms with Crippen molar-refractivity contribution in [1.29, 1.82) is 5.26 Å². The van der Waals surface area contributed by atoms with Gasteiger partial charge in [0, 0.05) is 19.8 Å². The summed E-state index contributed by atoms with van der Waals surface area (Å²) in [6.45, 7) is 3.24. The molecule has 0 unspecified atom stereocenters. The highest BCUT2D eigenvalue weighted by Gasteiger charge is 2.20. The number of nitrogens with one attached hydrogen (secondary N) is 1. The molecule has 0 aliphatic carbocycles. The van der Waals surface area contributed by atoms with Gasteiger partial charge in [-0.2, -0.15) is 5.26 Å². The van der Waals surface area contributed by atoms with E-state index in [0.29, 0.717) is 19.6 Å². The molecule has 0 saturated carbocycles. The third-order valence-corrected chi connectivity index (χ3v) is 3.99. The zero-order valence-electron chi connectivity index (χ0n) is 11.2. The molecule has 0 bridgehead atoms. The summed E-state index contributed by atoms with van der Waals surface area (Å²) in [7, 11) is -3.89. The minimum Gasteiger partial charge on any atom is -0.381 e. The van der Waals surface area contributed by atoms with Gasteiger partial charge in [-0.3, -0.25) is 0 Å². The summed E-state index contributed by atoms with van der Waals surface area (Å²) >= 11 is 0. The molecule has 0 fully saturated rings. The summed E-state index contributed by atoms with van der Waals surface area (Å²) < 4.78 is 44.9. The maximum absolute atomic E-state index is 13.4. The molecule has 7 heteroatoms. The summed E-state index contributed by atoms with van der Waals surface area (Å²) in [6, 6.07) is 5.09. The molecule has 0 aliphatic heterocycles. The number of hydrogen-bond acceptors (Lipinski definition) is 4. The van der Waals surface area contributed by atoms with Crippen molar-refractivity contribution in [2.24, 2.45) is 0 Å². The molecule has 0 heterocycles. The fraction of sp³-hybridized carbons (Fsp3) is 0.462. The summed E-state index contributed by atoms with van der Waals surface area (Å²) in [6.07, 6.45) is 1.41. The Hall–Kier alpha value is -1.49. The van der Waals surface area contributed by atoms with Gasteiger partial charge in [0.1, 0.15) is 22.3 Å². The zero-order chi connectivity index (χ0) is 15.0. The van der Waals surface area contributed by atoms with E-state index in [-0.39, 0.29) is 11.4 Å². The molecule has 0 radical (unpaired) electrons. The fourth-order valence-corrected chi connectivity index (χ4v) is 2.78. The molecule has 1 rings (SSSR count). The normalized spacial score (nSPS) is 11.2. The fourth-order valence-electron chi connectivity index (χ4n) is 1.54. The summed E-state index contributed by atoms with van der Waals surface area (Å²) in [5.41, 5.74) is -0.470. The van der Waals surface area contributed by atoms with Gasteiger partial charge >= 0.3 is 0 Å². The molecule has 110 valence electrons. The van der Waals surface area contributed by atoms with Gasteiger partial charge in [-0.25, -0.2) is 17.5 Å². The van der Waals surface area contributed by atoms with Gasteiger partial charge in [0.2, 0.25) is 10.0 Å². The molecule has 0 spiro atoms. The van der Waals surface area contributed by atoms with Gasteiger partial charge in [0.05, 0.1) is 0 Å². The lowest BCUT2D eigenvalue weighted by Gasteiger charge is -2.08. The molecule has 1 aromatic carbocycles. The predicted molar refractivity (Wildman–Crippen MR) is 72.0 cm³/mol. The predicted octanol–water partition coefficient (Wildman–Crippen LogP) is 1.79. The van der Waals surface area contributed by atoms with E-state index in [1.807, 2.05) is 6.92 Å². The van der Waals surface area contributed by atoms with E-state index in [4.69, 9.17) is 10.00 Å². The van der Waals surface area contributed by atoms with Gasteiger partial charge in [0.25, 0.3) is 0 Å². The van der Waals surface area contributed by atoms with Crippen molar-refractivity contribution in [1.82, 2.24) is 4.72 Å². The van der Waals surface area contributed by atoms with E-state index >= 15 is 0 Å². The molecule has 20 heavy (non-hydrogen) atoms. The largest absolute Gasteiger partial charge is 0.381 e. The van der Waals surface area contributed by atoms with Gasteiger partial charge in [0.15, 0.2) is 0 Å². The van der Waals surface area contributed by atoms with Gasteiger partial charge in [-0.15, -0.1) is 0 Å². The Bertz CT molecular complexity index is 582. The minimum absolute atomic E-state index is 0.174. The summed E-state index contributed by atoms with van der Waals surface area (Å²) in [5.74, 6) is -0.846. The quantitative estimate of drug-likeness (QED) is 0.742. The van der Waals surface area contributed by atoms with Crippen LogP contribution in [0.2, 0.25) is 0 Å². The van der Waals surface area contributed by atoms with Gasteiger partial charge in [-0.1, -0.05) is 13.0 Å². The molecule has 0 aromatic heterocycles. The number of sulfonamides is 1. The zero-order valence-corrected chi connectivity index (χ0v) is 12.0. The lowest BCUT2D eigenvalue weighted by atomic mass is 10.2. The van der Waals surface area contributed by atoms with Crippen LogP contribution in [0.25, 0.3) is 0 Å². The second kappa shape index (κ2) is 7.94. The Morgan fingerprint density at radius 2 is 2.15 bits per heavy atom. The summed E-state index contributed by atoms with van der Waals surface area (Å²) in [4.78, 5) is -0.338. The Morgan fingerprint density at radius 3 is 2.80 bits per heavy atom. The second-order valence-corrected chi connectivity index (χ2v) is 5.82. The third kappa shape index (κ3) is 4.56. The number of halogens is 1. The molecular formula is C13H17FN2O3S. The highest BCUT2D eigenvalue weighted by atomic mass is 32.2. The van der Waals surface area contributed by atoms with Crippen LogP contribution in [0.4, 0.5) is 4.39 Å². The Labute approximate surface area is 118 Å². The van der Waals surface area contributed by atoms with Crippen LogP contribution in [0.15, 0.2) is 23.1 Å². The molecule has 5 nitrogen and oxygen atoms in total. The number of nitrogens with zero attached hydrogens (tertiary/aromatic N) is 1. The minimum atomic E-state index is -3.89. The lowest BCUT2D eigenvalue weighted by molar-refractivity contribution is 0.133. The Balaban J connectivity index is 2.66. The van der Waals surface area contributed by atoms with Crippen molar-refractivity contribution < 1.29 is 17.5 Å². The van der Waals surface area contributed by atoms with E-state index < -0.39 is 21.4 Å². The monoisotopic (exact) mass is 300 g/mol. The average molecular weight is 300 g/mol. The number of benzene rings is 1. The van der Waals surface area contributed by atoms with Crippen molar-refractivity contribution in [3.63, 3.8) is 0 Å². The van der Waals surface area contributed by atoms with Crippen LogP contribution in [0.5, 0.6) is 0 Å². The molecule has 0 atom stereocenters. The van der Waals surface area contributed by atoms with Crippen LogP contribution in [-0.2, 0) is 14.8 Å². The van der Waals surface area contributed by atoms with Crippen LogP contribution < -0.4 is 4.72 Å². The third-order valence-electron chi connectivity index (χ3n) is 2.48. The first-order valence-electron chi connectivity index (χ1n) is 6.29. The lowest BCUT2D eigenvalue weighted by Crippen LogP contribution is -2.26. The van der Waals surface area contributed by atoms with Crippen molar-refractivity contribution in [3.8, 4) is 6.07 Å². The topological polar surface area (TPSA) is 79.2 Å². The first-order valence-corrected chi connectivity index (χ1v) is 7.77. The molecule has 1 N–H and O–H groups in total. The maximum atomic E-state index is 13.4. The van der Waals surface area contributed by atoms with Crippen LogP contribution >= 0.6 is 0 Å². The summed E-state index contributed by atoms with van der Waals surface area (Å²) in [5, 5.41) is 8.83. The smallest absolute Gasteiger partial charge is 0.241 e. The van der Waals surface area contributed by atoms with Gasteiger partial charge < -0.3 is 4.74 Å². The van der Waals surface area contributed by atoms with E-state index in [2.05, 4.69) is 4.72 Å². The standard InChI is InChI=1S/C13H17FN2O3S/c1-2-8-19-9-4-7-16-20(17,18)13-6-3-5-12(14)11(13)10-15/h3,5-6,16H,2,4,7-9H2,1H3. The number of nitriles is 1. The molecule has 0 amide bonds. The molecular weight excluding hydrogens is 283 g/mol. The average Bonchev–Trinajstić information content (AvgIpc) is 2.42. The van der Waals surface area contributed by atoms with E-state index in [1.54, 1.807) is 6.07 Å². The Morgan fingerprint density at radius 1 is 1.40 bits per heavy atom.